The van der Waals surface area contributed by atoms with Crippen LogP contribution in [0.15, 0.2) is 36.4 Å². The molecule has 0 amide bonds. The summed E-state index contributed by atoms with van der Waals surface area (Å²) in [6, 6.07) is 10.3. The molecular formula is C22H8Cl4O2. The molecule has 0 N–H and O–H groups in total. The van der Waals surface area contributed by atoms with Crippen LogP contribution in [-0.4, -0.2) is 11.6 Å². The molecule has 0 aliphatic heterocycles. The van der Waals surface area contributed by atoms with Crippen LogP contribution >= 0.6 is 46.4 Å². The van der Waals surface area contributed by atoms with E-state index in [1.54, 1.807) is 48.6 Å². The van der Waals surface area contributed by atoms with Crippen molar-refractivity contribution in [1.29, 1.82) is 0 Å². The quantitative estimate of drug-likeness (QED) is 0.334. The number of halogens is 4. The Morgan fingerprint density at radius 1 is 0.536 bits per heavy atom. The third-order valence-corrected chi connectivity index (χ3v) is 6.47. The number of carbonyl (C=O) groups is 2. The highest BCUT2D eigenvalue weighted by atomic mass is 35.5. The molecule has 0 radical (unpaired) electrons. The molecule has 3 aromatic rings. The third-order valence-electron chi connectivity index (χ3n) is 5.05. The van der Waals surface area contributed by atoms with Gasteiger partial charge in [-0.05, 0) is 35.4 Å². The molecule has 3 aromatic carbocycles. The Balaban J connectivity index is 1.96. The Hall–Kier alpha value is -2.10. The highest BCUT2D eigenvalue weighted by molar-refractivity contribution is 6.43. The monoisotopic (exact) mass is 444 g/mol. The van der Waals surface area contributed by atoms with E-state index in [1.165, 1.54) is 0 Å². The van der Waals surface area contributed by atoms with Gasteiger partial charge in [-0.15, -0.1) is 0 Å². The molecule has 5 rings (SSSR count). The van der Waals surface area contributed by atoms with Gasteiger partial charge in [-0.2, -0.15) is 0 Å². The van der Waals surface area contributed by atoms with Gasteiger partial charge in [0, 0.05) is 21.6 Å². The molecule has 0 spiro atoms. The fourth-order valence-corrected chi connectivity index (χ4v) is 5.01. The summed E-state index contributed by atoms with van der Waals surface area (Å²) in [6.45, 7) is 0. The maximum absolute atomic E-state index is 13.2. The molecule has 0 heterocycles. The summed E-state index contributed by atoms with van der Waals surface area (Å²) < 4.78 is 0. The molecule has 2 nitrogen and oxygen atoms in total. The predicted octanol–water partition coefficient (Wildman–Crippen LogP) is 5.05. The standard InChI is InChI=1S/C22H8Cl4O2/c23-13-5-1-3-9-7-11-17(21(27)15(9)13)20(26)12-8-10-4-2-6-14(24)16(10)22(28)18(12)19(11)25/h1-8H. The van der Waals surface area contributed by atoms with Gasteiger partial charge in [-0.1, -0.05) is 70.7 Å². The zero-order valence-electron chi connectivity index (χ0n) is 13.9. The van der Waals surface area contributed by atoms with Gasteiger partial charge in [0.15, 0.2) is 11.6 Å². The summed E-state index contributed by atoms with van der Waals surface area (Å²) in [4.78, 5) is 26.4. The second-order valence-electron chi connectivity index (χ2n) is 6.56. The van der Waals surface area contributed by atoms with Gasteiger partial charge >= 0.3 is 0 Å². The molecule has 2 aliphatic rings. The van der Waals surface area contributed by atoms with Crippen molar-refractivity contribution in [2.45, 2.75) is 0 Å². The Kier molecular flexibility index (Phi) is 3.98. The first-order valence-corrected chi connectivity index (χ1v) is 9.82. The van der Waals surface area contributed by atoms with Gasteiger partial charge in [0.05, 0.1) is 31.2 Å². The smallest absolute Gasteiger partial charge is 0.197 e. The normalized spacial score (nSPS) is 13.7. The summed E-state index contributed by atoms with van der Waals surface area (Å²) in [6.07, 6.45) is 3.48. The van der Waals surface area contributed by atoms with E-state index in [-0.39, 0.29) is 32.7 Å². The Morgan fingerprint density at radius 3 is 1.32 bits per heavy atom. The zero-order valence-corrected chi connectivity index (χ0v) is 17.0. The highest BCUT2D eigenvalue weighted by Crippen LogP contribution is 2.33. The maximum atomic E-state index is 13.2. The van der Waals surface area contributed by atoms with Crippen LogP contribution in [0.4, 0.5) is 0 Å². The van der Waals surface area contributed by atoms with E-state index in [4.69, 9.17) is 46.4 Å². The van der Waals surface area contributed by atoms with Crippen molar-refractivity contribution in [2.24, 2.45) is 0 Å². The summed E-state index contributed by atoms with van der Waals surface area (Å²) in [5, 5.41) is 1.88. The molecule has 0 aromatic heterocycles. The SMILES string of the molecule is O=C1c2c(Cl)cccc2C=c2c(Cl)c3c(c(Cl)c21)=Cc1cccc(Cl)c1C3=O. The second kappa shape index (κ2) is 6.20. The first-order chi connectivity index (χ1) is 13.4. The van der Waals surface area contributed by atoms with Crippen molar-refractivity contribution in [1.82, 2.24) is 0 Å². The van der Waals surface area contributed by atoms with E-state index < -0.39 is 0 Å². The lowest BCUT2D eigenvalue weighted by Gasteiger charge is -2.21. The third kappa shape index (κ3) is 2.29. The minimum Gasteiger partial charge on any atom is -0.288 e. The Bertz CT molecular complexity index is 1280. The van der Waals surface area contributed by atoms with Gasteiger partial charge < -0.3 is 0 Å². The van der Waals surface area contributed by atoms with Crippen LogP contribution < -0.4 is 10.4 Å². The van der Waals surface area contributed by atoms with Gasteiger partial charge in [-0.3, -0.25) is 9.59 Å². The Morgan fingerprint density at radius 2 is 0.929 bits per heavy atom. The molecule has 136 valence electrons. The van der Waals surface area contributed by atoms with Crippen LogP contribution in [-0.2, 0) is 0 Å². The van der Waals surface area contributed by atoms with Crippen molar-refractivity contribution >= 4 is 70.1 Å². The number of benzene rings is 3. The minimum absolute atomic E-state index is 0.181. The summed E-state index contributed by atoms with van der Waals surface area (Å²) >= 11 is 25.8. The van der Waals surface area contributed by atoms with Crippen molar-refractivity contribution in [3.8, 4) is 0 Å². The van der Waals surface area contributed by atoms with Gasteiger partial charge in [0.25, 0.3) is 0 Å². The van der Waals surface area contributed by atoms with E-state index in [1.807, 2.05) is 0 Å². The van der Waals surface area contributed by atoms with Gasteiger partial charge in [0.1, 0.15) is 0 Å². The lowest BCUT2D eigenvalue weighted by Crippen LogP contribution is -2.34. The number of hydrogen-bond acceptors (Lipinski definition) is 2. The molecule has 0 unspecified atom stereocenters. The molecule has 0 atom stereocenters. The zero-order chi connectivity index (χ0) is 19.7. The molecule has 0 bridgehead atoms. The second-order valence-corrected chi connectivity index (χ2v) is 8.13. The van der Waals surface area contributed by atoms with Crippen molar-refractivity contribution in [2.75, 3.05) is 0 Å². The van der Waals surface area contributed by atoms with Crippen LogP contribution in [0.3, 0.4) is 0 Å². The van der Waals surface area contributed by atoms with E-state index in [0.717, 1.165) is 0 Å². The predicted molar refractivity (Wildman–Crippen MR) is 113 cm³/mol. The van der Waals surface area contributed by atoms with Crippen LogP contribution in [0.25, 0.3) is 12.2 Å². The Labute approximate surface area is 179 Å². The minimum atomic E-state index is -0.314. The number of hydrogen-bond donors (Lipinski definition) is 0. The first kappa shape index (κ1) is 18.0. The van der Waals surface area contributed by atoms with E-state index >= 15 is 0 Å². The average Bonchev–Trinajstić information content (AvgIpc) is 2.65. The molecule has 28 heavy (non-hydrogen) atoms. The largest absolute Gasteiger partial charge is 0.288 e. The van der Waals surface area contributed by atoms with Gasteiger partial charge in [-0.25, -0.2) is 0 Å². The number of ketones is 2. The fraction of sp³-hybridized carbons (Fsp3) is 0. The summed E-state index contributed by atoms with van der Waals surface area (Å²) in [5.41, 5.74) is 2.52. The number of carbonyl (C=O) groups excluding carboxylic acids is 2. The number of fused-ring (bicyclic) bond motifs is 4. The van der Waals surface area contributed by atoms with Crippen LogP contribution in [0, 0.1) is 0 Å². The average molecular weight is 446 g/mol. The summed E-state index contributed by atoms with van der Waals surface area (Å²) in [7, 11) is 0. The van der Waals surface area contributed by atoms with Gasteiger partial charge in [0.2, 0.25) is 0 Å². The van der Waals surface area contributed by atoms with Crippen molar-refractivity contribution < 1.29 is 9.59 Å². The molecule has 0 saturated heterocycles. The van der Waals surface area contributed by atoms with Crippen molar-refractivity contribution in [3.05, 3.63) is 100 Å². The molecule has 2 aliphatic carbocycles. The molecule has 6 heteroatoms. The fourth-order valence-electron chi connectivity index (χ4n) is 3.80. The lowest BCUT2D eigenvalue weighted by atomic mass is 9.85. The highest BCUT2D eigenvalue weighted by Gasteiger charge is 2.32. The van der Waals surface area contributed by atoms with Crippen LogP contribution in [0.2, 0.25) is 20.1 Å². The molecular weight excluding hydrogens is 438 g/mol. The topological polar surface area (TPSA) is 34.1 Å². The van der Waals surface area contributed by atoms with Crippen LogP contribution in [0.5, 0.6) is 0 Å². The van der Waals surface area contributed by atoms with E-state index in [0.29, 0.717) is 42.7 Å². The number of rotatable bonds is 0. The molecule has 0 fully saturated rings. The van der Waals surface area contributed by atoms with E-state index in [2.05, 4.69) is 0 Å². The summed E-state index contributed by atoms with van der Waals surface area (Å²) in [5.74, 6) is -0.629. The van der Waals surface area contributed by atoms with Crippen LogP contribution in [0.1, 0.15) is 43.0 Å². The first-order valence-electron chi connectivity index (χ1n) is 8.31. The molecule has 0 saturated carbocycles. The van der Waals surface area contributed by atoms with E-state index in [9.17, 15) is 9.59 Å². The lowest BCUT2D eigenvalue weighted by molar-refractivity contribution is 0.102. The van der Waals surface area contributed by atoms with Crippen molar-refractivity contribution in [3.63, 3.8) is 0 Å². The maximum Gasteiger partial charge on any atom is 0.197 e.